The molecule has 3 nitrogen and oxygen atoms in total. The Bertz CT molecular complexity index is 122. The molecule has 1 aliphatic rings. The molecule has 0 aromatic heterocycles. The van der Waals surface area contributed by atoms with E-state index in [2.05, 4.69) is 6.92 Å². The van der Waals surface area contributed by atoms with Crippen LogP contribution in [0.2, 0.25) is 0 Å². The Labute approximate surface area is 73.7 Å². The van der Waals surface area contributed by atoms with E-state index >= 15 is 0 Å². The number of rotatable bonds is 3. The van der Waals surface area contributed by atoms with Crippen molar-refractivity contribution in [1.29, 1.82) is 0 Å². The van der Waals surface area contributed by atoms with Gasteiger partial charge in [-0.05, 0) is 13.3 Å². The molecule has 1 aliphatic heterocycles. The molecule has 1 unspecified atom stereocenters. The number of aliphatic hydroxyl groups is 1. The predicted octanol–water partition coefficient (Wildman–Crippen LogP) is 1.30. The molecule has 1 rings (SSSR count). The quantitative estimate of drug-likeness (QED) is 0.701. The SMILES string of the molecule is CCCC1(C(C)O)OCCCO1. The fourth-order valence-corrected chi connectivity index (χ4v) is 1.53. The van der Waals surface area contributed by atoms with E-state index in [0.29, 0.717) is 13.2 Å². The Balaban J connectivity index is 2.56. The van der Waals surface area contributed by atoms with Crippen LogP contribution in [0.4, 0.5) is 0 Å². The van der Waals surface area contributed by atoms with Gasteiger partial charge in [0.25, 0.3) is 0 Å². The second-order valence-corrected chi connectivity index (χ2v) is 3.29. The van der Waals surface area contributed by atoms with Gasteiger partial charge >= 0.3 is 0 Å². The Morgan fingerprint density at radius 1 is 1.42 bits per heavy atom. The highest BCUT2D eigenvalue weighted by molar-refractivity contribution is 4.78. The van der Waals surface area contributed by atoms with Crippen LogP contribution < -0.4 is 0 Å². The molecule has 12 heavy (non-hydrogen) atoms. The fourth-order valence-electron chi connectivity index (χ4n) is 1.53. The first-order chi connectivity index (χ1) is 5.71. The highest BCUT2D eigenvalue weighted by Gasteiger charge is 2.38. The molecule has 1 saturated heterocycles. The second-order valence-electron chi connectivity index (χ2n) is 3.29. The summed E-state index contributed by atoms with van der Waals surface area (Å²) in [6.07, 6.45) is 2.12. The zero-order valence-electron chi connectivity index (χ0n) is 7.88. The third-order valence-corrected chi connectivity index (χ3v) is 2.22. The van der Waals surface area contributed by atoms with E-state index in [1.54, 1.807) is 6.92 Å². The lowest BCUT2D eigenvalue weighted by molar-refractivity contribution is -0.307. The molecule has 3 heteroatoms. The van der Waals surface area contributed by atoms with Crippen LogP contribution in [0.15, 0.2) is 0 Å². The maximum absolute atomic E-state index is 9.51. The summed E-state index contributed by atoms with van der Waals surface area (Å²) in [5, 5.41) is 9.51. The van der Waals surface area contributed by atoms with E-state index in [4.69, 9.17) is 9.47 Å². The number of hydrogen-bond donors (Lipinski definition) is 1. The van der Waals surface area contributed by atoms with Gasteiger partial charge in [0.15, 0.2) is 5.79 Å². The lowest BCUT2D eigenvalue weighted by Crippen LogP contribution is -2.49. The molecule has 1 heterocycles. The van der Waals surface area contributed by atoms with Gasteiger partial charge in [0, 0.05) is 6.42 Å². The summed E-state index contributed by atoms with van der Waals surface area (Å²) >= 11 is 0. The lowest BCUT2D eigenvalue weighted by atomic mass is 10.0. The zero-order chi connectivity index (χ0) is 9.03. The van der Waals surface area contributed by atoms with Crippen molar-refractivity contribution in [2.45, 2.75) is 45.0 Å². The summed E-state index contributed by atoms with van der Waals surface area (Å²) in [5.74, 6) is -0.715. The van der Waals surface area contributed by atoms with Crippen molar-refractivity contribution in [1.82, 2.24) is 0 Å². The van der Waals surface area contributed by atoms with Crippen LogP contribution in [-0.2, 0) is 9.47 Å². The van der Waals surface area contributed by atoms with Gasteiger partial charge in [-0.25, -0.2) is 0 Å². The van der Waals surface area contributed by atoms with Crippen molar-refractivity contribution in [3.8, 4) is 0 Å². The minimum absolute atomic E-state index is 0.544. The Kier molecular flexibility index (Phi) is 3.50. The van der Waals surface area contributed by atoms with Crippen LogP contribution in [0.5, 0.6) is 0 Å². The van der Waals surface area contributed by atoms with E-state index in [-0.39, 0.29) is 0 Å². The molecule has 0 aromatic carbocycles. The molecular formula is C9H18O3. The molecule has 1 N–H and O–H groups in total. The van der Waals surface area contributed by atoms with E-state index in [1.165, 1.54) is 0 Å². The Morgan fingerprint density at radius 2 is 2.00 bits per heavy atom. The van der Waals surface area contributed by atoms with Crippen LogP contribution in [0.25, 0.3) is 0 Å². The topological polar surface area (TPSA) is 38.7 Å². The van der Waals surface area contributed by atoms with Crippen molar-refractivity contribution in [3.05, 3.63) is 0 Å². The van der Waals surface area contributed by atoms with Crippen molar-refractivity contribution in [2.75, 3.05) is 13.2 Å². The lowest BCUT2D eigenvalue weighted by Gasteiger charge is -2.39. The molecule has 0 bridgehead atoms. The second kappa shape index (κ2) is 4.21. The zero-order valence-corrected chi connectivity index (χ0v) is 7.88. The van der Waals surface area contributed by atoms with Gasteiger partial charge in [0.1, 0.15) is 6.10 Å². The van der Waals surface area contributed by atoms with Gasteiger partial charge < -0.3 is 14.6 Å². The fraction of sp³-hybridized carbons (Fsp3) is 1.00. The van der Waals surface area contributed by atoms with E-state index in [1.807, 2.05) is 0 Å². The van der Waals surface area contributed by atoms with E-state index in [9.17, 15) is 5.11 Å². The van der Waals surface area contributed by atoms with Gasteiger partial charge in [-0.3, -0.25) is 0 Å². The summed E-state index contributed by atoms with van der Waals surface area (Å²) in [6, 6.07) is 0. The predicted molar refractivity (Wildman–Crippen MR) is 45.8 cm³/mol. The standard InChI is InChI=1S/C9H18O3/c1-3-5-9(8(2)10)11-6-4-7-12-9/h8,10H,3-7H2,1-2H3. The molecule has 1 atom stereocenters. The minimum Gasteiger partial charge on any atom is -0.388 e. The molecule has 0 saturated carbocycles. The summed E-state index contributed by atoms with van der Waals surface area (Å²) in [6.45, 7) is 5.18. The highest BCUT2D eigenvalue weighted by atomic mass is 16.7. The maximum atomic E-state index is 9.51. The summed E-state index contributed by atoms with van der Waals surface area (Å²) in [4.78, 5) is 0. The van der Waals surface area contributed by atoms with Crippen LogP contribution in [0.3, 0.4) is 0 Å². The van der Waals surface area contributed by atoms with Crippen molar-refractivity contribution < 1.29 is 14.6 Å². The molecule has 0 aliphatic carbocycles. The van der Waals surface area contributed by atoms with E-state index in [0.717, 1.165) is 19.3 Å². The summed E-state index contributed by atoms with van der Waals surface area (Å²) < 4.78 is 11.0. The highest BCUT2D eigenvalue weighted by Crippen LogP contribution is 2.27. The molecule has 0 spiro atoms. The average Bonchev–Trinajstić information content (AvgIpc) is 2.06. The molecule has 1 fully saturated rings. The Morgan fingerprint density at radius 3 is 2.42 bits per heavy atom. The number of ether oxygens (including phenoxy) is 2. The third kappa shape index (κ3) is 1.97. The monoisotopic (exact) mass is 174 g/mol. The Hall–Kier alpha value is -0.120. The van der Waals surface area contributed by atoms with Crippen molar-refractivity contribution in [3.63, 3.8) is 0 Å². The smallest absolute Gasteiger partial charge is 0.194 e. The normalized spacial score (nSPS) is 25.2. The van der Waals surface area contributed by atoms with Crippen LogP contribution in [0.1, 0.15) is 33.1 Å². The first kappa shape index (κ1) is 9.96. The van der Waals surface area contributed by atoms with Crippen molar-refractivity contribution >= 4 is 0 Å². The third-order valence-electron chi connectivity index (χ3n) is 2.22. The first-order valence-corrected chi connectivity index (χ1v) is 4.67. The van der Waals surface area contributed by atoms with E-state index < -0.39 is 11.9 Å². The molecule has 0 radical (unpaired) electrons. The molecule has 72 valence electrons. The van der Waals surface area contributed by atoms with Crippen molar-refractivity contribution in [2.24, 2.45) is 0 Å². The molecule has 0 aromatic rings. The first-order valence-electron chi connectivity index (χ1n) is 4.67. The van der Waals surface area contributed by atoms with Gasteiger partial charge in [0.2, 0.25) is 0 Å². The van der Waals surface area contributed by atoms with Crippen LogP contribution in [0, 0.1) is 0 Å². The summed E-state index contributed by atoms with van der Waals surface area (Å²) in [5.41, 5.74) is 0. The largest absolute Gasteiger partial charge is 0.388 e. The van der Waals surface area contributed by atoms with Gasteiger partial charge in [-0.1, -0.05) is 13.3 Å². The van der Waals surface area contributed by atoms with Gasteiger partial charge in [-0.2, -0.15) is 0 Å². The number of aliphatic hydroxyl groups excluding tert-OH is 1. The van der Waals surface area contributed by atoms with Crippen LogP contribution in [-0.4, -0.2) is 30.2 Å². The molecule has 0 amide bonds. The van der Waals surface area contributed by atoms with Gasteiger partial charge in [0.05, 0.1) is 13.2 Å². The molecular weight excluding hydrogens is 156 g/mol. The number of hydrogen-bond acceptors (Lipinski definition) is 3. The maximum Gasteiger partial charge on any atom is 0.194 e. The van der Waals surface area contributed by atoms with Gasteiger partial charge in [-0.15, -0.1) is 0 Å². The van der Waals surface area contributed by atoms with Crippen LogP contribution >= 0.6 is 0 Å². The average molecular weight is 174 g/mol. The minimum atomic E-state index is -0.715. The summed E-state index contributed by atoms with van der Waals surface area (Å²) in [7, 11) is 0.